The van der Waals surface area contributed by atoms with Crippen LogP contribution in [-0.2, 0) is 6.42 Å². The van der Waals surface area contributed by atoms with Gasteiger partial charge >= 0.3 is 0 Å². The minimum Gasteiger partial charge on any atom is -0.354 e. The molecule has 0 spiro atoms. The molecule has 1 atom stereocenters. The number of pyridine rings is 1. The van der Waals surface area contributed by atoms with Crippen molar-refractivity contribution < 1.29 is 0 Å². The summed E-state index contributed by atoms with van der Waals surface area (Å²) in [5.74, 6) is 1.13. The van der Waals surface area contributed by atoms with Crippen molar-refractivity contribution in [3.63, 3.8) is 0 Å². The van der Waals surface area contributed by atoms with Gasteiger partial charge in [-0.1, -0.05) is 6.07 Å². The number of nitrogens with zero attached hydrogens (tertiary/aromatic N) is 3. The monoisotopic (exact) mass is 248 g/mol. The van der Waals surface area contributed by atoms with Crippen LogP contribution in [0, 0.1) is 6.92 Å². The Bertz CT molecular complexity index is 405. The van der Waals surface area contributed by atoms with Crippen LogP contribution in [0.1, 0.15) is 18.1 Å². The van der Waals surface area contributed by atoms with Crippen LogP contribution in [0.4, 0.5) is 5.82 Å². The normalized spacial score (nSPS) is 21.3. The van der Waals surface area contributed by atoms with Crippen LogP contribution < -0.4 is 10.6 Å². The number of rotatable bonds is 3. The summed E-state index contributed by atoms with van der Waals surface area (Å²) >= 11 is 0. The minimum absolute atomic E-state index is 0.587. The highest BCUT2D eigenvalue weighted by Gasteiger charge is 2.22. The van der Waals surface area contributed by atoms with Crippen LogP contribution in [0.25, 0.3) is 0 Å². The molecule has 0 bridgehead atoms. The molecule has 0 radical (unpaired) electrons. The van der Waals surface area contributed by atoms with Gasteiger partial charge in [0.05, 0.1) is 0 Å². The first-order valence-corrected chi connectivity index (χ1v) is 6.72. The van der Waals surface area contributed by atoms with Crippen molar-refractivity contribution in [2.75, 3.05) is 38.1 Å². The Hall–Kier alpha value is -1.13. The van der Waals surface area contributed by atoms with Gasteiger partial charge in [0.25, 0.3) is 0 Å². The molecule has 0 amide bonds. The van der Waals surface area contributed by atoms with Gasteiger partial charge in [-0.05, 0) is 45.0 Å². The summed E-state index contributed by atoms with van der Waals surface area (Å²) in [6.07, 6.45) is 2.88. The van der Waals surface area contributed by atoms with Gasteiger partial charge in [-0.2, -0.15) is 0 Å². The zero-order valence-electron chi connectivity index (χ0n) is 11.7. The third-order valence-electron chi connectivity index (χ3n) is 3.80. The number of nitrogens with two attached hydrogens (primary N) is 1. The molecule has 2 rings (SSSR count). The van der Waals surface area contributed by atoms with Crippen molar-refractivity contribution in [1.82, 2.24) is 9.88 Å². The van der Waals surface area contributed by atoms with Crippen LogP contribution in [0.2, 0.25) is 0 Å². The predicted octanol–water partition coefficient (Wildman–Crippen LogP) is 1.03. The average Bonchev–Trinajstić information content (AvgIpc) is 2.34. The van der Waals surface area contributed by atoms with Crippen molar-refractivity contribution in [2.45, 2.75) is 26.3 Å². The van der Waals surface area contributed by atoms with E-state index < -0.39 is 0 Å². The maximum absolute atomic E-state index is 5.58. The molecule has 0 aromatic carbocycles. The SMILES string of the molecule is Cc1cc(CCN)cnc1N1CCN(C)C(C)C1. The van der Waals surface area contributed by atoms with Gasteiger partial charge < -0.3 is 15.5 Å². The van der Waals surface area contributed by atoms with E-state index >= 15 is 0 Å². The number of piperazine rings is 1. The van der Waals surface area contributed by atoms with Gasteiger partial charge in [-0.3, -0.25) is 0 Å². The van der Waals surface area contributed by atoms with E-state index in [0.717, 1.165) is 31.9 Å². The summed E-state index contributed by atoms with van der Waals surface area (Å²) in [7, 11) is 2.19. The molecule has 1 fully saturated rings. The first-order chi connectivity index (χ1) is 8.61. The second-order valence-electron chi connectivity index (χ2n) is 5.30. The Morgan fingerprint density at radius 1 is 1.44 bits per heavy atom. The summed E-state index contributed by atoms with van der Waals surface area (Å²) in [5, 5.41) is 0. The molecule has 4 nitrogen and oxygen atoms in total. The number of hydrogen-bond acceptors (Lipinski definition) is 4. The summed E-state index contributed by atoms with van der Waals surface area (Å²) in [6.45, 7) is 8.32. The lowest BCUT2D eigenvalue weighted by molar-refractivity contribution is 0.233. The number of anilines is 1. The van der Waals surface area contributed by atoms with Crippen molar-refractivity contribution in [3.05, 3.63) is 23.4 Å². The van der Waals surface area contributed by atoms with Gasteiger partial charge in [0.1, 0.15) is 5.82 Å². The average molecular weight is 248 g/mol. The fourth-order valence-electron chi connectivity index (χ4n) is 2.50. The molecule has 0 aliphatic carbocycles. The van der Waals surface area contributed by atoms with Crippen LogP contribution in [0.15, 0.2) is 12.3 Å². The zero-order valence-corrected chi connectivity index (χ0v) is 11.7. The Labute approximate surface area is 110 Å². The topological polar surface area (TPSA) is 45.4 Å². The highest BCUT2D eigenvalue weighted by molar-refractivity contribution is 5.48. The molecule has 0 saturated carbocycles. The number of likely N-dealkylation sites (N-methyl/N-ethyl adjacent to an activating group) is 1. The smallest absolute Gasteiger partial charge is 0.131 e. The first-order valence-electron chi connectivity index (χ1n) is 6.72. The van der Waals surface area contributed by atoms with Crippen molar-refractivity contribution >= 4 is 5.82 Å². The fourth-order valence-corrected chi connectivity index (χ4v) is 2.50. The molecular weight excluding hydrogens is 224 g/mol. The lowest BCUT2D eigenvalue weighted by Crippen LogP contribution is -2.50. The van der Waals surface area contributed by atoms with E-state index in [-0.39, 0.29) is 0 Å². The number of hydrogen-bond donors (Lipinski definition) is 1. The van der Waals surface area contributed by atoms with Crippen molar-refractivity contribution in [2.24, 2.45) is 5.73 Å². The van der Waals surface area contributed by atoms with E-state index in [0.29, 0.717) is 12.6 Å². The second-order valence-corrected chi connectivity index (χ2v) is 5.30. The van der Waals surface area contributed by atoms with E-state index in [9.17, 15) is 0 Å². The molecule has 1 saturated heterocycles. The minimum atomic E-state index is 0.587. The maximum Gasteiger partial charge on any atom is 0.131 e. The van der Waals surface area contributed by atoms with Crippen LogP contribution in [0.5, 0.6) is 0 Å². The number of aromatic nitrogens is 1. The molecule has 2 N–H and O–H groups in total. The Balaban J connectivity index is 2.13. The molecule has 1 aromatic rings. The lowest BCUT2D eigenvalue weighted by atomic mass is 10.1. The van der Waals surface area contributed by atoms with E-state index in [2.05, 4.69) is 41.7 Å². The van der Waals surface area contributed by atoms with E-state index in [1.54, 1.807) is 0 Å². The Morgan fingerprint density at radius 3 is 2.83 bits per heavy atom. The van der Waals surface area contributed by atoms with Crippen LogP contribution in [-0.4, -0.2) is 49.2 Å². The zero-order chi connectivity index (χ0) is 13.1. The highest BCUT2D eigenvalue weighted by atomic mass is 15.3. The molecule has 2 heterocycles. The summed E-state index contributed by atoms with van der Waals surface area (Å²) in [4.78, 5) is 9.42. The molecular formula is C14H24N4. The molecule has 18 heavy (non-hydrogen) atoms. The Kier molecular flexibility index (Phi) is 4.19. The lowest BCUT2D eigenvalue weighted by Gasteiger charge is -2.38. The van der Waals surface area contributed by atoms with Crippen molar-refractivity contribution in [1.29, 1.82) is 0 Å². The van der Waals surface area contributed by atoms with Gasteiger partial charge in [-0.25, -0.2) is 4.98 Å². The molecule has 4 heteroatoms. The van der Waals surface area contributed by atoms with Crippen molar-refractivity contribution in [3.8, 4) is 0 Å². The van der Waals surface area contributed by atoms with Gasteiger partial charge in [-0.15, -0.1) is 0 Å². The molecule has 100 valence electrons. The predicted molar refractivity (Wildman–Crippen MR) is 76.0 cm³/mol. The van der Waals surface area contributed by atoms with E-state index in [4.69, 9.17) is 5.73 Å². The van der Waals surface area contributed by atoms with Crippen LogP contribution >= 0.6 is 0 Å². The summed E-state index contributed by atoms with van der Waals surface area (Å²) in [6, 6.07) is 2.81. The maximum atomic E-state index is 5.58. The van der Waals surface area contributed by atoms with Gasteiger partial charge in [0, 0.05) is 31.9 Å². The first kappa shape index (κ1) is 13.3. The molecule has 1 aliphatic heterocycles. The molecule has 1 aliphatic rings. The second kappa shape index (κ2) is 5.67. The molecule has 1 aromatic heterocycles. The van der Waals surface area contributed by atoms with Gasteiger partial charge in [0.2, 0.25) is 0 Å². The van der Waals surface area contributed by atoms with Gasteiger partial charge in [0.15, 0.2) is 0 Å². The fraction of sp³-hybridized carbons (Fsp3) is 0.643. The summed E-state index contributed by atoms with van der Waals surface area (Å²) in [5.41, 5.74) is 8.08. The third-order valence-corrected chi connectivity index (χ3v) is 3.80. The third kappa shape index (κ3) is 2.82. The largest absolute Gasteiger partial charge is 0.354 e. The standard InChI is InChI=1S/C14H24N4/c1-11-8-13(4-5-15)9-16-14(11)18-7-6-17(3)12(2)10-18/h8-9,12H,4-7,10,15H2,1-3H3. The summed E-state index contributed by atoms with van der Waals surface area (Å²) < 4.78 is 0. The van der Waals surface area contributed by atoms with Crippen LogP contribution in [0.3, 0.4) is 0 Å². The Morgan fingerprint density at radius 2 is 2.22 bits per heavy atom. The highest BCUT2D eigenvalue weighted by Crippen LogP contribution is 2.21. The quantitative estimate of drug-likeness (QED) is 0.868. The molecule has 1 unspecified atom stereocenters. The van der Waals surface area contributed by atoms with E-state index in [1.807, 2.05) is 6.20 Å². The number of aryl methyl sites for hydroxylation is 1. The van der Waals surface area contributed by atoms with E-state index in [1.165, 1.54) is 11.1 Å².